The number of sulfonamides is 1. The van der Waals surface area contributed by atoms with Gasteiger partial charge in [-0.05, 0) is 68.6 Å². The zero-order chi connectivity index (χ0) is 34.0. The Morgan fingerprint density at radius 3 is 2.64 bits per heavy atom. The van der Waals surface area contributed by atoms with Gasteiger partial charge in [-0.3, -0.25) is 24.1 Å². The molecule has 13 nitrogen and oxygen atoms in total. The van der Waals surface area contributed by atoms with Crippen LogP contribution in [0.2, 0.25) is 0 Å². The van der Waals surface area contributed by atoms with E-state index in [1.807, 2.05) is 12.2 Å². The summed E-state index contributed by atoms with van der Waals surface area (Å²) in [5.74, 6) is -1.98. The summed E-state index contributed by atoms with van der Waals surface area (Å²) in [5, 5.41) is 4.87. The molecule has 4 aliphatic rings. The van der Waals surface area contributed by atoms with Gasteiger partial charge in [0.2, 0.25) is 21.8 Å². The van der Waals surface area contributed by atoms with Crippen molar-refractivity contribution in [3.05, 3.63) is 42.8 Å². The number of allylic oxidation sites excluding steroid dienone is 1. The summed E-state index contributed by atoms with van der Waals surface area (Å²) in [4.78, 5) is 60.3. The molecule has 1 aromatic heterocycles. The van der Waals surface area contributed by atoms with Gasteiger partial charge in [0.15, 0.2) is 0 Å². The second kappa shape index (κ2) is 13.7. The molecular weight excluding hydrogens is 626 g/mol. The lowest BCUT2D eigenvalue weighted by molar-refractivity contribution is -0.142. The third kappa shape index (κ3) is 7.96. The molecule has 47 heavy (non-hydrogen) atoms. The molecule has 2 aliphatic carbocycles. The number of nitrogens with one attached hydrogen (secondary N) is 3. The Kier molecular flexibility index (Phi) is 9.99. The van der Waals surface area contributed by atoms with Crippen LogP contribution >= 0.6 is 0 Å². The normalized spacial score (nSPS) is 28.8. The number of hydrogen-bond donors (Lipinski definition) is 3. The standard InChI is InChI=1S/C33H45N5O8S/c1-5-21-19-33(21,30(41)37-47(43,44)23-14-15-23)36-28(39)25-18-22-20-38(25)29(40)27(32(2,3)4)35-31(42)45-17-10-8-6-7-9-12-24-26(46-22)13-11-16-34-24/h5,9,11-13,16,21-23,25,27H,1,6-8,10,14-15,17-20H2,2-4H3,(H,35,42)(H,36,39)(H,37,41)/t21-,22+,25+,27-,33-/m1/s1. The fraction of sp³-hybridized carbons (Fsp3) is 0.606. The van der Waals surface area contributed by atoms with Crippen molar-refractivity contribution < 1.29 is 37.1 Å². The molecule has 2 bridgehead atoms. The van der Waals surface area contributed by atoms with Crippen LogP contribution in [0.3, 0.4) is 0 Å². The van der Waals surface area contributed by atoms with Crippen LogP contribution in [-0.4, -0.2) is 84.2 Å². The predicted octanol–water partition coefficient (Wildman–Crippen LogP) is 2.83. The molecule has 1 saturated heterocycles. The first-order chi connectivity index (χ1) is 22.2. The van der Waals surface area contributed by atoms with Gasteiger partial charge in [0.05, 0.1) is 18.4 Å². The minimum atomic E-state index is -3.87. The molecule has 3 N–H and O–H groups in total. The number of fused-ring (bicyclic) bond motifs is 3. The van der Waals surface area contributed by atoms with Crippen LogP contribution in [0.4, 0.5) is 4.79 Å². The van der Waals surface area contributed by atoms with E-state index in [9.17, 15) is 27.6 Å². The van der Waals surface area contributed by atoms with Crippen LogP contribution in [0.25, 0.3) is 6.08 Å². The number of alkyl carbamates (subject to hydrolysis) is 1. The van der Waals surface area contributed by atoms with Crippen LogP contribution in [0.1, 0.15) is 77.8 Å². The summed E-state index contributed by atoms with van der Waals surface area (Å²) in [5.41, 5.74) is -1.67. The Labute approximate surface area is 276 Å². The molecule has 14 heteroatoms. The highest BCUT2D eigenvalue weighted by molar-refractivity contribution is 7.91. The summed E-state index contributed by atoms with van der Waals surface area (Å²) in [6, 6.07) is 1.37. The lowest BCUT2D eigenvalue weighted by atomic mass is 9.85. The molecule has 3 fully saturated rings. The lowest BCUT2D eigenvalue weighted by Crippen LogP contribution is -2.60. The number of rotatable bonds is 6. The molecule has 5 atom stereocenters. The molecule has 0 unspecified atom stereocenters. The fourth-order valence-electron chi connectivity index (χ4n) is 6.08. The van der Waals surface area contributed by atoms with Gasteiger partial charge in [-0.1, -0.05) is 32.9 Å². The van der Waals surface area contributed by atoms with Gasteiger partial charge in [-0.15, -0.1) is 6.58 Å². The minimum Gasteiger partial charge on any atom is -0.486 e. The first-order valence-electron chi connectivity index (χ1n) is 16.3. The Morgan fingerprint density at radius 1 is 1.19 bits per heavy atom. The zero-order valence-electron chi connectivity index (χ0n) is 27.2. The molecule has 5 rings (SSSR count). The first kappa shape index (κ1) is 34.4. The van der Waals surface area contributed by atoms with E-state index in [1.54, 1.807) is 39.1 Å². The van der Waals surface area contributed by atoms with Gasteiger partial charge >= 0.3 is 6.09 Å². The van der Waals surface area contributed by atoms with Crippen LogP contribution in [0.15, 0.2) is 37.1 Å². The molecule has 4 amide bonds. The molecule has 0 aromatic carbocycles. The average molecular weight is 672 g/mol. The number of aromatic nitrogens is 1. The Bertz CT molecular complexity index is 1540. The van der Waals surface area contributed by atoms with E-state index in [2.05, 4.69) is 26.9 Å². The fourth-order valence-corrected chi connectivity index (χ4v) is 7.44. The van der Waals surface area contributed by atoms with Gasteiger partial charge in [0, 0.05) is 18.5 Å². The van der Waals surface area contributed by atoms with Crippen molar-refractivity contribution in [1.82, 2.24) is 25.2 Å². The number of hydrogen-bond acceptors (Lipinski definition) is 9. The van der Waals surface area contributed by atoms with Crippen LogP contribution < -0.4 is 20.1 Å². The second-order valence-corrected chi connectivity index (χ2v) is 15.8. The number of carbonyl (C=O) groups is 4. The topological polar surface area (TPSA) is 173 Å². The molecule has 2 aliphatic heterocycles. The smallest absolute Gasteiger partial charge is 0.407 e. The van der Waals surface area contributed by atoms with Gasteiger partial charge in [0.1, 0.15) is 35.2 Å². The van der Waals surface area contributed by atoms with Crippen molar-refractivity contribution in [2.45, 2.75) is 101 Å². The van der Waals surface area contributed by atoms with E-state index >= 15 is 0 Å². The van der Waals surface area contributed by atoms with Crippen molar-refractivity contribution >= 4 is 39.9 Å². The quantitative estimate of drug-likeness (QED) is 0.385. The average Bonchev–Trinajstić information content (AvgIpc) is 3.93. The highest BCUT2D eigenvalue weighted by Gasteiger charge is 2.62. The van der Waals surface area contributed by atoms with E-state index in [-0.39, 0.29) is 26.0 Å². The molecule has 256 valence electrons. The lowest BCUT2D eigenvalue weighted by Gasteiger charge is -2.35. The highest BCUT2D eigenvalue weighted by Crippen LogP contribution is 2.45. The van der Waals surface area contributed by atoms with E-state index in [0.717, 1.165) is 19.3 Å². The monoisotopic (exact) mass is 671 g/mol. The van der Waals surface area contributed by atoms with Crippen molar-refractivity contribution in [1.29, 1.82) is 0 Å². The summed E-state index contributed by atoms with van der Waals surface area (Å²) in [6.45, 7) is 9.36. The first-order valence-corrected chi connectivity index (χ1v) is 17.8. The van der Waals surface area contributed by atoms with E-state index in [0.29, 0.717) is 30.7 Å². The van der Waals surface area contributed by atoms with Gasteiger partial charge in [-0.2, -0.15) is 0 Å². The van der Waals surface area contributed by atoms with Crippen molar-refractivity contribution in [2.75, 3.05) is 13.2 Å². The molecule has 0 radical (unpaired) electrons. The Balaban J connectivity index is 1.44. The summed E-state index contributed by atoms with van der Waals surface area (Å²) < 4.78 is 39.1. The maximum Gasteiger partial charge on any atom is 0.407 e. The largest absolute Gasteiger partial charge is 0.486 e. The van der Waals surface area contributed by atoms with E-state index < -0.39 is 74.1 Å². The van der Waals surface area contributed by atoms with Gasteiger partial charge in [0.25, 0.3) is 5.91 Å². The van der Waals surface area contributed by atoms with E-state index in [1.165, 1.54) is 11.0 Å². The SMILES string of the molecule is C=C[C@@H]1C[C@]1(NC(=O)[C@@H]1C[C@H]2CN1C(=O)[C@H](C(C)(C)C)NC(=O)OCCCCCC=Cc1ncccc1O2)C(=O)NS(=O)(=O)C1CC1. The summed E-state index contributed by atoms with van der Waals surface area (Å²) in [6.07, 6.45) is 10.1. The van der Waals surface area contributed by atoms with Crippen LogP contribution in [0.5, 0.6) is 5.75 Å². The molecule has 1 aromatic rings. The van der Waals surface area contributed by atoms with Crippen molar-refractivity contribution in [3.63, 3.8) is 0 Å². The number of nitrogens with zero attached hydrogens (tertiary/aromatic N) is 2. The Morgan fingerprint density at radius 2 is 1.96 bits per heavy atom. The van der Waals surface area contributed by atoms with Crippen molar-refractivity contribution in [3.8, 4) is 5.75 Å². The van der Waals surface area contributed by atoms with Gasteiger partial charge < -0.3 is 25.0 Å². The number of ether oxygens (including phenoxy) is 2. The predicted molar refractivity (Wildman–Crippen MR) is 173 cm³/mol. The summed E-state index contributed by atoms with van der Waals surface area (Å²) in [7, 11) is -3.87. The van der Waals surface area contributed by atoms with Gasteiger partial charge in [-0.25, -0.2) is 13.2 Å². The Hall–Kier alpha value is -3.94. The second-order valence-electron chi connectivity index (χ2n) is 13.9. The maximum absolute atomic E-state index is 14.3. The maximum atomic E-state index is 14.3. The molecular formula is C33H45N5O8S. The molecule has 2 saturated carbocycles. The highest BCUT2D eigenvalue weighted by atomic mass is 32.2. The van der Waals surface area contributed by atoms with Crippen LogP contribution in [0, 0.1) is 11.3 Å². The third-order valence-electron chi connectivity index (χ3n) is 9.09. The number of amides is 4. The van der Waals surface area contributed by atoms with Crippen molar-refractivity contribution in [2.24, 2.45) is 11.3 Å². The summed E-state index contributed by atoms with van der Waals surface area (Å²) >= 11 is 0. The zero-order valence-corrected chi connectivity index (χ0v) is 28.0. The minimum absolute atomic E-state index is 0.0123. The molecule has 3 heterocycles. The number of cyclic esters (lactones) is 1. The molecule has 0 spiro atoms. The number of pyridine rings is 1. The third-order valence-corrected chi connectivity index (χ3v) is 10.9. The number of carbonyl (C=O) groups excluding carboxylic acids is 4. The van der Waals surface area contributed by atoms with E-state index in [4.69, 9.17) is 9.47 Å². The van der Waals surface area contributed by atoms with Crippen LogP contribution in [-0.2, 0) is 29.1 Å².